The molecule has 0 saturated carbocycles. The predicted molar refractivity (Wildman–Crippen MR) is 74.0 cm³/mol. The Morgan fingerprint density at radius 3 is 2.65 bits per heavy atom. The molecule has 112 valence electrons. The summed E-state index contributed by atoms with van der Waals surface area (Å²) in [7, 11) is 0. The van der Waals surface area contributed by atoms with Gasteiger partial charge in [-0.25, -0.2) is 9.48 Å². The Kier molecular flexibility index (Phi) is 5.28. The molecule has 20 heavy (non-hydrogen) atoms. The van der Waals surface area contributed by atoms with Gasteiger partial charge in [0.15, 0.2) is 5.82 Å². The summed E-state index contributed by atoms with van der Waals surface area (Å²) in [5.74, 6) is 0.901. The molecule has 0 atom stereocenters. The minimum Gasteiger partial charge on any atom is -0.338 e. The van der Waals surface area contributed by atoms with E-state index in [2.05, 4.69) is 32.7 Å². The maximum atomic E-state index is 11.7. The zero-order chi connectivity index (χ0) is 14.4. The second-order valence-electron chi connectivity index (χ2n) is 4.92. The summed E-state index contributed by atoms with van der Waals surface area (Å²) in [4.78, 5) is 15.9. The molecule has 2 rings (SSSR count). The van der Waals surface area contributed by atoms with Crippen LogP contribution in [0.5, 0.6) is 0 Å². The third-order valence-corrected chi connectivity index (χ3v) is 3.39. The first-order valence-corrected chi connectivity index (χ1v) is 7.24. The van der Waals surface area contributed by atoms with Gasteiger partial charge < -0.3 is 10.2 Å². The SMILES string of the molecule is CCCn1nnnc1CN1CCN(C(=O)NCC)CC1. The van der Waals surface area contributed by atoms with Gasteiger partial charge in [-0.3, -0.25) is 4.90 Å². The lowest BCUT2D eigenvalue weighted by atomic mass is 10.3. The molecule has 1 aromatic heterocycles. The first-order chi connectivity index (χ1) is 9.74. The summed E-state index contributed by atoms with van der Waals surface area (Å²) in [5, 5.41) is 14.6. The average Bonchev–Trinajstić information content (AvgIpc) is 2.88. The summed E-state index contributed by atoms with van der Waals surface area (Å²) in [6, 6.07) is 0.0305. The van der Waals surface area contributed by atoms with Crippen molar-refractivity contribution in [2.75, 3.05) is 32.7 Å². The van der Waals surface area contributed by atoms with Crippen molar-refractivity contribution in [2.24, 2.45) is 0 Å². The molecule has 0 aliphatic carbocycles. The summed E-state index contributed by atoms with van der Waals surface area (Å²) in [6.45, 7) is 9.52. The molecule has 8 heteroatoms. The van der Waals surface area contributed by atoms with Crippen molar-refractivity contribution in [3.63, 3.8) is 0 Å². The second kappa shape index (κ2) is 7.18. The molecule has 2 amide bonds. The highest BCUT2D eigenvalue weighted by Crippen LogP contribution is 2.06. The van der Waals surface area contributed by atoms with Crippen LogP contribution in [-0.2, 0) is 13.1 Å². The topological polar surface area (TPSA) is 79.2 Å². The maximum Gasteiger partial charge on any atom is 0.317 e. The zero-order valence-corrected chi connectivity index (χ0v) is 12.2. The normalized spacial score (nSPS) is 16.4. The molecule has 1 fully saturated rings. The van der Waals surface area contributed by atoms with Crippen molar-refractivity contribution in [3.05, 3.63) is 5.82 Å². The smallest absolute Gasteiger partial charge is 0.317 e. The van der Waals surface area contributed by atoms with Gasteiger partial charge in [0.25, 0.3) is 0 Å². The Morgan fingerprint density at radius 1 is 1.25 bits per heavy atom. The van der Waals surface area contributed by atoms with Gasteiger partial charge in [-0.1, -0.05) is 6.92 Å². The molecule has 0 spiro atoms. The highest BCUT2D eigenvalue weighted by atomic mass is 16.2. The van der Waals surface area contributed by atoms with Crippen LogP contribution in [0.15, 0.2) is 0 Å². The van der Waals surface area contributed by atoms with Crippen molar-refractivity contribution in [3.8, 4) is 0 Å². The number of tetrazole rings is 1. The van der Waals surface area contributed by atoms with E-state index in [1.54, 1.807) is 0 Å². The van der Waals surface area contributed by atoms with Crippen LogP contribution in [0.1, 0.15) is 26.1 Å². The van der Waals surface area contributed by atoms with Gasteiger partial charge in [0, 0.05) is 39.3 Å². The van der Waals surface area contributed by atoms with Gasteiger partial charge in [0.2, 0.25) is 0 Å². The van der Waals surface area contributed by atoms with Crippen LogP contribution in [0, 0.1) is 0 Å². The Morgan fingerprint density at radius 2 is 2.00 bits per heavy atom. The van der Waals surface area contributed by atoms with Crippen LogP contribution < -0.4 is 5.32 Å². The maximum absolute atomic E-state index is 11.7. The average molecular weight is 281 g/mol. The van der Waals surface area contributed by atoms with E-state index < -0.39 is 0 Å². The third kappa shape index (κ3) is 3.66. The van der Waals surface area contributed by atoms with E-state index in [1.165, 1.54) is 0 Å². The van der Waals surface area contributed by atoms with Crippen molar-refractivity contribution in [1.29, 1.82) is 0 Å². The van der Waals surface area contributed by atoms with Crippen LogP contribution >= 0.6 is 0 Å². The quantitative estimate of drug-likeness (QED) is 0.817. The minimum absolute atomic E-state index is 0.0305. The molecule has 2 heterocycles. The number of carbonyl (C=O) groups is 1. The summed E-state index contributed by atoms with van der Waals surface area (Å²) < 4.78 is 1.86. The highest BCUT2D eigenvalue weighted by Gasteiger charge is 2.21. The van der Waals surface area contributed by atoms with E-state index in [0.717, 1.165) is 51.5 Å². The number of aryl methyl sites for hydroxylation is 1. The number of carbonyl (C=O) groups excluding carboxylic acids is 1. The lowest BCUT2D eigenvalue weighted by Crippen LogP contribution is -2.51. The number of amides is 2. The molecular weight excluding hydrogens is 258 g/mol. The number of urea groups is 1. The van der Waals surface area contributed by atoms with Crippen LogP contribution in [-0.4, -0.2) is 68.8 Å². The standard InChI is InChI=1S/C12H23N7O/c1-3-5-19-11(14-15-16-19)10-17-6-8-18(9-7-17)12(20)13-4-2/h3-10H2,1-2H3,(H,13,20). The van der Waals surface area contributed by atoms with Gasteiger partial charge in [-0.05, 0) is 23.8 Å². The van der Waals surface area contributed by atoms with Gasteiger partial charge in [-0.15, -0.1) is 5.10 Å². The first kappa shape index (κ1) is 14.7. The molecule has 0 unspecified atom stereocenters. The monoisotopic (exact) mass is 281 g/mol. The van der Waals surface area contributed by atoms with Gasteiger partial charge >= 0.3 is 6.03 Å². The Labute approximate surface area is 119 Å². The van der Waals surface area contributed by atoms with E-state index >= 15 is 0 Å². The fourth-order valence-corrected chi connectivity index (χ4v) is 2.29. The van der Waals surface area contributed by atoms with E-state index in [9.17, 15) is 4.79 Å². The molecule has 0 bridgehead atoms. The van der Waals surface area contributed by atoms with Crippen LogP contribution in [0.3, 0.4) is 0 Å². The van der Waals surface area contributed by atoms with E-state index in [4.69, 9.17) is 0 Å². The highest BCUT2D eigenvalue weighted by molar-refractivity contribution is 5.74. The van der Waals surface area contributed by atoms with Gasteiger partial charge in [-0.2, -0.15) is 0 Å². The Balaban J connectivity index is 1.82. The van der Waals surface area contributed by atoms with E-state index in [1.807, 2.05) is 16.5 Å². The molecular formula is C12H23N7O. The first-order valence-electron chi connectivity index (χ1n) is 7.24. The van der Waals surface area contributed by atoms with Crippen LogP contribution in [0.4, 0.5) is 4.79 Å². The molecule has 1 aliphatic heterocycles. The molecule has 0 aromatic carbocycles. The largest absolute Gasteiger partial charge is 0.338 e. The van der Waals surface area contributed by atoms with Crippen LogP contribution in [0.2, 0.25) is 0 Å². The number of piperazine rings is 1. The molecule has 1 aromatic rings. The number of hydrogen-bond acceptors (Lipinski definition) is 5. The summed E-state index contributed by atoms with van der Waals surface area (Å²) >= 11 is 0. The van der Waals surface area contributed by atoms with E-state index in [0.29, 0.717) is 6.54 Å². The molecule has 1 aliphatic rings. The predicted octanol–water partition coefficient (Wildman–Crippen LogP) is -0.0698. The van der Waals surface area contributed by atoms with Gasteiger partial charge in [0.05, 0.1) is 6.54 Å². The van der Waals surface area contributed by atoms with Gasteiger partial charge in [0.1, 0.15) is 0 Å². The number of rotatable bonds is 5. The number of aromatic nitrogens is 4. The third-order valence-electron chi connectivity index (χ3n) is 3.39. The lowest BCUT2D eigenvalue weighted by molar-refractivity contribution is 0.132. The fraction of sp³-hybridized carbons (Fsp3) is 0.833. The fourth-order valence-electron chi connectivity index (χ4n) is 2.29. The van der Waals surface area contributed by atoms with Crippen molar-refractivity contribution >= 4 is 6.03 Å². The summed E-state index contributed by atoms with van der Waals surface area (Å²) in [5.41, 5.74) is 0. The minimum atomic E-state index is 0.0305. The zero-order valence-electron chi connectivity index (χ0n) is 12.2. The van der Waals surface area contributed by atoms with E-state index in [-0.39, 0.29) is 6.03 Å². The Bertz CT molecular complexity index is 425. The van der Waals surface area contributed by atoms with Crippen molar-refractivity contribution in [2.45, 2.75) is 33.4 Å². The summed E-state index contributed by atoms with van der Waals surface area (Å²) in [6.07, 6.45) is 1.02. The molecule has 8 nitrogen and oxygen atoms in total. The molecule has 0 radical (unpaired) electrons. The molecule has 1 saturated heterocycles. The van der Waals surface area contributed by atoms with Crippen LogP contribution in [0.25, 0.3) is 0 Å². The van der Waals surface area contributed by atoms with Crippen molar-refractivity contribution in [1.82, 2.24) is 35.3 Å². The molecule has 1 N–H and O–H groups in total. The number of nitrogens with zero attached hydrogens (tertiary/aromatic N) is 6. The lowest BCUT2D eigenvalue weighted by Gasteiger charge is -2.34. The second-order valence-corrected chi connectivity index (χ2v) is 4.92. The van der Waals surface area contributed by atoms with Crippen molar-refractivity contribution < 1.29 is 4.79 Å². The number of nitrogens with one attached hydrogen (secondary N) is 1. The Hall–Kier alpha value is -1.70. The number of hydrogen-bond donors (Lipinski definition) is 1.